The van der Waals surface area contributed by atoms with E-state index in [4.69, 9.17) is 0 Å². The van der Waals surface area contributed by atoms with Crippen molar-refractivity contribution in [3.05, 3.63) is 52.0 Å². The summed E-state index contributed by atoms with van der Waals surface area (Å²) in [5, 5.41) is 3.54. The van der Waals surface area contributed by atoms with Crippen LogP contribution in [0.4, 0.5) is 0 Å². The first-order valence-corrected chi connectivity index (χ1v) is 13.4. The molecular weight excluding hydrogens is 456 g/mol. The van der Waals surface area contributed by atoms with Crippen LogP contribution in [0.5, 0.6) is 0 Å². The number of fused-ring (bicyclic) bond motifs is 2. The maximum absolute atomic E-state index is 12.5. The lowest BCUT2D eigenvalue weighted by molar-refractivity contribution is -0.141. The summed E-state index contributed by atoms with van der Waals surface area (Å²) in [6.07, 6.45) is 2.62. The van der Waals surface area contributed by atoms with Crippen LogP contribution in [0.3, 0.4) is 0 Å². The van der Waals surface area contributed by atoms with Gasteiger partial charge in [-0.05, 0) is 62.9 Å². The maximum Gasteiger partial charge on any atom is 0.233 e. The van der Waals surface area contributed by atoms with E-state index in [1.807, 2.05) is 6.20 Å². The fraction of sp³-hybridized carbons (Fsp3) is 0.464. The highest BCUT2D eigenvalue weighted by atomic mass is 32.1. The van der Waals surface area contributed by atoms with Gasteiger partial charge in [-0.1, -0.05) is 17.7 Å². The van der Waals surface area contributed by atoms with Crippen LogP contribution in [0.15, 0.2) is 30.5 Å². The number of carbonyl (C=O) groups is 2. The minimum Gasteiger partial charge on any atom is -0.314 e. The van der Waals surface area contributed by atoms with Crippen LogP contribution >= 0.6 is 11.3 Å². The molecule has 7 heteroatoms. The summed E-state index contributed by atoms with van der Waals surface area (Å²) in [7, 11) is 0. The maximum atomic E-state index is 12.5. The van der Waals surface area contributed by atoms with Crippen LogP contribution in [0.1, 0.15) is 41.8 Å². The zero-order chi connectivity index (χ0) is 24.4. The minimum absolute atomic E-state index is 0.00138. The molecule has 2 saturated heterocycles. The van der Waals surface area contributed by atoms with Crippen molar-refractivity contribution in [1.82, 2.24) is 20.1 Å². The fourth-order valence-corrected chi connectivity index (χ4v) is 7.08. The number of carbonyl (C=O) groups excluding carboxylic acids is 2. The number of imide groups is 1. The van der Waals surface area contributed by atoms with Gasteiger partial charge in [0.15, 0.2) is 0 Å². The van der Waals surface area contributed by atoms with Crippen molar-refractivity contribution in [2.75, 3.05) is 13.1 Å². The molecule has 1 aliphatic carbocycles. The summed E-state index contributed by atoms with van der Waals surface area (Å²) in [6, 6.07) is 9.70. The van der Waals surface area contributed by atoms with Crippen LogP contribution in [-0.2, 0) is 22.7 Å². The molecule has 1 N–H and O–H groups in total. The molecule has 3 fully saturated rings. The number of hydrogen-bond donors (Lipinski definition) is 1. The smallest absolute Gasteiger partial charge is 0.233 e. The first-order chi connectivity index (χ1) is 16.8. The number of piperidine rings is 1. The molecule has 4 heterocycles. The summed E-state index contributed by atoms with van der Waals surface area (Å²) in [6.45, 7) is 12.3. The van der Waals surface area contributed by atoms with E-state index in [0.29, 0.717) is 18.6 Å². The molecule has 2 aromatic heterocycles. The molecular formula is C28H32N4O2S. The van der Waals surface area contributed by atoms with Gasteiger partial charge >= 0.3 is 0 Å². The predicted molar refractivity (Wildman–Crippen MR) is 139 cm³/mol. The molecule has 2 unspecified atom stereocenters. The molecule has 1 saturated carbocycles. The molecule has 0 bridgehead atoms. The van der Waals surface area contributed by atoms with Gasteiger partial charge in [0.25, 0.3) is 0 Å². The Morgan fingerprint density at radius 3 is 2.43 bits per heavy atom. The standard InChI is InChI=1S/C28H32N4O2S/c1-15-7-16(2)24(14-31-17(3)11-29-12-18(31)4)21(8-15)20-5-6-30-25-9-19(35-26(20)25)13-32-27(33)22-10-23(22)28(32)34/h5-9,17-18,22-23,29H,10-14H2,1-4H3/t17-,18-,22?,23?/m0/s1. The average Bonchev–Trinajstić information content (AvgIpc) is 3.45. The number of nitrogens with one attached hydrogen (secondary N) is 1. The number of amides is 2. The highest BCUT2D eigenvalue weighted by molar-refractivity contribution is 7.19. The second-order valence-electron chi connectivity index (χ2n) is 10.6. The second-order valence-corrected chi connectivity index (χ2v) is 11.8. The summed E-state index contributed by atoms with van der Waals surface area (Å²) in [5.74, 6) is -0.112. The molecule has 4 atom stereocenters. The summed E-state index contributed by atoms with van der Waals surface area (Å²) in [4.78, 5) is 34.7. The molecule has 2 amide bonds. The topological polar surface area (TPSA) is 65.5 Å². The number of piperazine rings is 1. The number of aromatic nitrogens is 1. The number of thiophene rings is 1. The molecule has 0 spiro atoms. The highest BCUT2D eigenvalue weighted by Crippen LogP contribution is 2.48. The van der Waals surface area contributed by atoms with E-state index in [-0.39, 0.29) is 23.7 Å². The highest BCUT2D eigenvalue weighted by Gasteiger charge is 2.58. The van der Waals surface area contributed by atoms with E-state index in [2.05, 4.69) is 67.2 Å². The minimum atomic E-state index is -0.0573. The zero-order valence-electron chi connectivity index (χ0n) is 20.8. The van der Waals surface area contributed by atoms with Crippen molar-refractivity contribution in [2.45, 2.75) is 59.3 Å². The number of hydrogen-bond acceptors (Lipinski definition) is 6. The lowest BCUT2D eigenvalue weighted by Gasteiger charge is -2.40. The van der Waals surface area contributed by atoms with Gasteiger partial charge in [0.2, 0.25) is 11.8 Å². The fourth-order valence-electron chi connectivity index (χ4n) is 5.95. The van der Waals surface area contributed by atoms with Crippen molar-refractivity contribution in [1.29, 1.82) is 0 Å². The Balaban J connectivity index is 1.39. The Hall–Kier alpha value is -2.61. The van der Waals surface area contributed by atoms with Gasteiger partial charge in [0.1, 0.15) is 0 Å². The van der Waals surface area contributed by atoms with Gasteiger partial charge in [-0.3, -0.25) is 24.4 Å². The lowest BCUT2D eigenvalue weighted by atomic mass is 9.92. The summed E-state index contributed by atoms with van der Waals surface area (Å²) in [5.41, 5.74) is 7.30. The predicted octanol–water partition coefficient (Wildman–Crippen LogP) is 4.27. The Labute approximate surface area is 210 Å². The van der Waals surface area contributed by atoms with Crippen molar-refractivity contribution in [3.63, 3.8) is 0 Å². The normalized spacial score (nSPS) is 26.6. The van der Waals surface area contributed by atoms with Crippen molar-refractivity contribution >= 4 is 33.4 Å². The first kappa shape index (κ1) is 22.8. The monoisotopic (exact) mass is 488 g/mol. The molecule has 1 aromatic carbocycles. The third-order valence-electron chi connectivity index (χ3n) is 7.99. The molecule has 3 aliphatic rings. The Morgan fingerprint density at radius 1 is 1.00 bits per heavy atom. The van der Waals surface area contributed by atoms with Crippen LogP contribution in [0.25, 0.3) is 21.3 Å². The van der Waals surface area contributed by atoms with Gasteiger partial charge in [0.05, 0.1) is 28.6 Å². The number of rotatable bonds is 5. The van der Waals surface area contributed by atoms with E-state index in [0.717, 1.165) is 41.1 Å². The van der Waals surface area contributed by atoms with Gasteiger partial charge < -0.3 is 5.32 Å². The van der Waals surface area contributed by atoms with Crippen LogP contribution in [0, 0.1) is 25.7 Å². The largest absolute Gasteiger partial charge is 0.314 e. The molecule has 35 heavy (non-hydrogen) atoms. The van der Waals surface area contributed by atoms with Crippen LogP contribution in [-0.4, -0.2) is 51.8 Å². The Morgan fingerprint density at radius 2 is 1.71 bits per heavy atom. The molecule has 0 radical (unpaired) electrons. The third kappa shape index (κ3) is 3.90. The zero-order valence-corrected chi connectivity index (χ0v) is 21.6. The van der Waals surface area contributed by atoms with Crippen molar-refractivity contribution in [3.8, 4) is 11.1 Å². The summed E-state index contributed by atoms with van der Waals surface area (Å²) < 4.78 is 1.12. The van der Waals surface area contributed by atoms with Gasteiger partial charge in [-0.15, -0.1) is 11.3 Å². The van der Waals surface area contributed by atoms with Gasteiger partial charge in [-0.25, -0.2) is 0 Å². The number of pyridine rings is 1. The van der Waals surface area contributed by atoms with E-state index < -0.39 is 0 Å². The van der Waals surface area contributed by atoms with Crippen molar-refractivity contribution in [2.24, 2.45) is 11.8 Å². The average molecular weight is 489 g/mol. The molecule has 6 nitrogen and oxygen atoms in total. The SMILES string of the molecule is Cc1cc(C)c(CN2[C@@H](C)CNC[C@@H]2C)c(-c2ccnc3cc(CN4C(=O)C5CC5C4=O)sc23)c1. The molecule has 6 rings (SSSR count). The molecule has 2 aliphatic heterocycles. The Kier molecular flexibility index (Phi) is 5.55. The first-order valence-electron chi connectivity index (χ1n) is 12.6. The molecule has 3 aromatic rings. The third-order valence-corrected chi connectivity index (χ3v) is 9.14. The summed E-state index contributed by atoms with van der Waals surface area (Å²) >= 11 is 1.66. The quantitative estimate of drug-likeness (QED) is 0.544. The number of benzene rings is 1. The lowest BCUT2D eigenvalue weighted by Crippen LogP contribution is -2.54. The van der Waals surface area contributed by atoms with Gasteiger partial charge in [0, 0.05) is 48.4 Å². The van der Waals surface area contributed by atoms with E-state index in [9.17, 15) is 9.59 Å². The van der Waals surface area contributed by atoms with Gasteiger partial charge in [-0.2, -0.15) is 0 Å². The van der Waals surface area contributed by atoms with E-state index in [1.165, 1.54) is 32.7 Å². The Bertz CT molecular complexity index is 1320. The van der Waals surface area contributed by atoms with Crippen LogP contribution in [0.2, 0.25) is 0 Å². The number of nitrogens with zero attached hydrogens (tertiary/aromatic N) is 3. The van der Waals surface area contributed by atoms with E-state index in [1.54, 1.807) is 11.3 Å². The van der Waals surface area contributed by atoms with E-state index >= 15 is 0 Å². The second kappa shape index (κ2) is 8.50. The number of aryl methyl sites for hydroxylation is 2. The van der Waals surface area contributed by atoms with Crippen LogP contribution < -0.4 is 5.32 Å². The number of likely N-dealkylation sites (tertiary alicyclic amines) is 1. The molecule has 182 valence electrons. The van der Waals surface area contributed by atoms with Crippen molar-refractivity contribution < 1.29 is 9.59 Å².